The van der Waals surface area contributed by atoms with Crippen molar-refractivity contribution in [3.63, 3.8) is 0 Å². The van der Waals surface area contributed by atoms with Crippen LogP contribution in [0.4, 0.5) is 4.79 Å². The molecule has 2 atom stereocenters. The van der Waals surface area contributed by atoms with Gasteiger partial charge < -0.3 is 0 Å². The Morgan fingerprint density at radius 3 is 2.33 bits per heavy atom. The third kappa shape index (κ3) is 0.823. The second kappa shape index (κ2) is 2.06. The number of nitrogens with zero attached hydrogens (tertiary/aromatic N) is 1. The van der Waals surface area contributed by atoms with Crippen LogP contribution in [0.25, 0.3) is 0 Å². The van der Waals surface area contributed by atoms with Crippen molar-refractivity contribution in [3.05, 3.63) is 0 Å². The Labute approximate surface area is 68.7 Å². The van der Waals surface area contributed by atoms with Gasteiger partial charge in [-0.1, -0.05) is 6.92 Å². The minimum Gasteiger partial charge on any atom is -0.269 e. The molecule has 1 aliphatic heterocycles. The maximum absolute atomic E-state index is 11.0. The molecule has 12 heavy (non-hydrogen) atoms. The number of carbonyl (C=O) groups is 3. The third-order valence-corrected chi connectivity index (χ3v) is 2.25. The van der Waals surface area contributed by atoms with Gasteiger partial charge >= 0.3 is 17.8 Å². The molecule has 0 bridgehead atoms. The first-order chi connectivity index (χ1) is 5.61. The zero-order valence-corrected chi connectivity index (χ0v) is 6.53. The highest BCUT2D eigenvalue weighted by molar-refractivity contribution is 6.45. The maximum Gasteiger partial charge on any atom is 0.331 e. The quantitative estimate of drug-likeness (QED) is 0.423. The Balaban J connectivity index is 2.20. The summed E-state index contributed by atoms with van der Waals surface area (Å²) in [4.78, 5) is 33.8. The molecule has 1 saturated carbocycles. The molecule has 2 unspecified atom stereocenters. The van der Waals surface area contributed by atoms with Gasteiger partial charge in [0.15, 0.2) is 0 Å². The molecule has 5 heteroatoms. The molecule has 0 aromatic rings. The summed E-state index contributed by atoms with van der Waals surface area (Å²) in [7, 11) is 0. The van der Waals surface area contributed by atoms with Gasteiger partial charge in [-0.3, -0.25) is 19.8 Å². The molecule has 0 aromatic carbocycles. The Morgan fingerprint density at radius 2 is 2.00 bits per heavy atom. The lowest BCUT2D eigenvalue weighted by atomic mass is 10.4. The summed E-state index contributed by atoms with van der Waals surface area (Å²) >= 11 is 0. The highest BCUT2D eigenvalue weighted by atomic mass is 16.2. The molecule has 0 spiro atoms. The minimum atomic E-state index is -0.806. The monoisotopic (exact) mass is 168 g/mol. The van der Waals surface area contributed by atoms with Crippen LogP contribution < -0.4 is 5.32 Å². The van der Waals surface area contributed by atoms with Crippen LogP contribution in [0, 0.1) is 5.92 Å². The predicted octanol–water partition coefficient (Wildman–Crippen LogP) is -0.527. The van der Waals surface area contributed by atoms with Crippen molar-refractivity contribution in [1.29, 1.82) is 0 Å². The number of nitrogens with one attached hydrogen (secondary N) is 1. The smallest absolute Gasteiger partial charge is 0.269 e. The van der Waals surface area contributed by atoms with Crippen molar-refractivity contribution in [1.82, 2.24) is 10.2 Å². The molecule has 5 nitrogen and oxygen atoms in total. The molecule has 2 rings (SSSR count). The molecule has 1 N–H and O–H groups in total. The van der Waals surface area contributed by atoms with Crippen LogP contribution in [0.15, 0.2) is 0 Å². The molecule has 1 aliphatic carbocycles. The fourth-order valence-electron chi connectivity index (χ4n) is 1.38. The molecule has 1 saturated heterocycles. The Morgan fingerprint density at radius 1 is 1.42 bits per heavy atom. The van der Waals surface area contributed by atoms with E-state index in [1.165, 1.54) is 0 Å². The summed E-state index contributed by atoms with van der Waals surface area (Å²) in [5.74, 6) is -1.18. The highest BCUT2D eigenvalue weighted by Crippen LogP contribution is 2.35. The van der Waals surface area contributed by atoms with E-state index in [-0.39, 0.29) is 6.04 Å². The second-order valence-corrected chi connectivity index (χ2v) is 3.21. The van der Waals surface area contributed by atoms with Crippen molar-refractivity contribution < 1.29 is 14.4 Å². The van der Waals surface area contributed by atoms with Crippen LogP contribution >= 0.6 is 0 Å². The van der Waals surface area contributed by atoms with Gasteiger partial charge in [-0.25, -0.2) is 4.79 Å². The van der Waals surface area contributed by atoms with Gasteiger partial charge in [0.2, 0.25) is 0 Å². The molecule has 1 heterocycles. The number of urea groups is 1. The Hall–Kier alpha value is -1.39. The van der Waals surface area contributed by atoms with E-state index in [0.29, 0.717) is 5.92 Å². The van der Waals surface area contributed by atoms with E-state index in [1.54, 1.807) is 0 Å². The Kier molecular flexibility index (Phi) is 1.25. The van der Waals surface area contributed by atoms with E-state index in [2.05, 4.69) is 0 Å². The summed E-state index contributed by atoms with van der Waals surface area (Å²) in [6, 6.07) is -0.622. The summed E-state index contributed by atoms with van der Waals surface area (Å²) in [6.07, 6.45) is 0.812. The van der Waals surface area contributed by atoms with Gasteiger partial charge in [-0.2, -0.15) is 0 Å². The highest BCUT2D eigenvalue weighted by Gasteiger charge is 2.49. The van der Waals surface area contributed by atoms with Crippen LogP contribution in [0.2, 0.25) is 0 Å². The first-order valence-electron chi connectivity index (χ1n) is 3.79. The second-order valence-electron chi connectivity index (χ2n) is 3.21. The van der Waals surface area contributed by atoms with Crippen molar-refractivity contribution in [2.75, 3.05) is 0 Å². The average molecular weight is 168 g/mol. The Bertz CT molecular complexity index is 286. The van der Waals surface area contributed by atoms with Crippen molar-refractivity contribution in [2.24, 2.45) is 5.92 Å². The summed E-state index contributed by atoms with van der Waals surface area (Å²) in [6.45, 7) is 1.94. The topological polar surface area (TPSA) is 66.5 Å². The average Bonchev–Trinajstić information content (AvgIpc) is 2.61. The van der Waals surface area contributed by atoms with E-state index in [9.17, 15) is 14.4 Å². The number of amides is 4. The first-order valence-corrected chi connectivity index (χ1v) is 3.79. The van der Waals surface area contributed by atoms with Crippen LogP contribution in [-0.2, 0) is 9.59 Å². The summed E-state index contributed by atoms with van der Waals surface area (Å²) in [5, 5.41) is 1.96. The van der Waals surface area contributed by atoms with E-state index in [4.69, 9.17) is 0 Å². The van der Waals surface area contributed by atoms with Gasteiger partial charge in [-0.15, -0.1) is 0 Å². The van der Waals surface area contributed by atoms with Crippen LogP contribution in [0.5, 0.6) is 0 Å². The maximum atomic E-state index is 11.0. The molecule has 64 valence electrons. The lowest BCUT2D eigenvalue weighted by Gasteiger charge is -2.08. The van der Waals surface area contributed by atoms with E-state index in [0.717, 1.165) is 11.3 Å². The molecule has 4 amide bonds. The molecule has 0 radical (unpaired) electrons. The molecule has 2 fully saturated rings. The van der Waals surface area contributed by atoms with Crippen molar-refractivity contribution >= 4 is 17.8 Å². The van der Waals surface area contributed by atoms with Crippen LogP contribution in [0.3, 0.4) is 0 Å². The van der Waals surface area contributed by atoms with Gasteiger partial charge in [0, 0.05) is 6.04 Å². The SMILES string of the molecule is CC1CC1N1C(=O)NC(=O)C1=O. The third-order valence-electron chi connectivity index (χ3n) is 2.25. The van der Waals surface area contributed by atoms with Crippen molar-refractivity contribution in [3.8, 4) is 0 Å². The standard InChI is InChI=1S/C7H8N2O3/c1-3-2-4(3)9-6(11)5(10)8-7(9)12/h3-4H,2H2,1H3,(H,8,10,12). The number of carbonyl (C=O) groups excluding carboxylic acids is 3. The van der Waals surface area contributed by atoms with Crippen LogP contribution in [-0.4, -0.2) is 28.8 Å². The van der Waals surface area contributed by atoms with E-state index in [1.807, 2.05) is 12.2 Å². The van der Waals surface area contributed by atoms with Gasteiger partial charge in [0.25, 0.3) is 0 Å². The normalized spacial score (nSPS) is 34.1. The zero-order chi connectivity index (χ0) is 8.88. The first kappa shape index (κ1) is 7.27. The minimum absolute atomic E-state index is 0.0519. The van der Waals surface area contributed by atoms with Crippen molar-refractivity contribution in [2.45, 2.75) is 19.4 Å². The molecular weight excluding hydrogens is 160 g/mol. The fourth-order valence-corrected chi connectivity index (χ4v) is 1.38. The lowest BCUT2D eigenvalue weighted by molar-refractivity contribution is -0.140. The van der Waals surface area contributed by atoms with Gasteiger partial charge in [-0.05, 0) is 12.3 Å². The lowest BCUT2D eigenvalue weighted by Crippen LogP contribution is -2.33. The molecule has 0 aromatic heterocycles. The van der Waals surface area contributed by atoms with E-state index < -0.39 is 17.8 Å². The fraction of sp³-hybridized carbons (Fsp3) is 0.571. The predicted molar refractivity (Wildman–Crippen MR) is 38.0 cm³/mol. The number of rotatable bonds is 1. The van der Waals surface area contributed by atoms with Gasteiger partial charge in [0.1, 0.15) is 0 Å². The number of hydrogen-bond donors (Lipinski definition) is 1. The molecule has 2 aliphatic rings. The summed E-state index contributed by atoms with van der Waals surface area (Å²) in [5.41, 5.74) is 0. The number of hydrogen-bond acceptors (Lipinski definition) is 3. The summed E-state index contributed by atoms with van der Waals surface area (Å²) < 4.78 is 0. The van der Waals surface area contributed by atoms with Gasteiger partial charge in [0.05, 0.1) is 0 Å². The largest absolute Gasteiger partial charge is 0.331 e. The van der Waals surface area contributed by atoms with E-state index >= 15 is 0 Å². The number of imide groups is 2. The van der Waals surface area contributed by atoms with Crippen LogP contribution in [0.1, 0.15) is 13.3 Å². The molecular formula is C7H8N2O3. The zero-order valence-electron chi connectivity index (χ0n) is 6.53.